The van der Waals surface area contributed by atoms with Gasteiger partial charge in [0.25, 0.3) is 0 Å². The van der Waals surface area contributed by atoms with E-state index in [1.165, 1.54) is 0 Å². The van der Waals surface area contributed by atoms with Gasteiger partial charge in [-0.15, -0.1) is 0 Å². The van der Waals surface area contributed by atoms with Gasteiger partial charge in [0.1, 0.15) is 0 Å². The molecule has 18 heavy (non-hydrogen) atoms. The SMILES string of the molecule is CC(C)COCCCNC1CCOC(C(C)C)C1. The van der Waals surface area contributed by atoms with Crippen LogP contribution in [0.15, 0.2) is 0 Å². The molecule has 1 aliphatic heterocycles. The Morgan fingerprint density at radius 3 is 2.72 bits per heavy atom. The van der Waals surface area contributed by atoms with Gasteiger partial charge in [0.05, 0.1) is 6.10 Å². The smallest absolute Gasteiger partial charge is 0.0612 e. The number of rotatable bonds is 8. The summed E-state index contributed by atoms with van der Waals surface area (Å²) in [5.41, 5.74) is 0. The molecule has 2 unspecified atom stereocenters. The molecule has 0 aromatic heterocycles. The van der Waals surface area contributed by atoms with Crippen LogP contribution in [0.3, 0.4) is 0 Å². The molecule has 0 aromatic rings. The van der Waals surface area contributed by atoms with Gasteiger partial charge in [0.15, 0.2) is 0 Å². The zero-order valence-corrected chi connectivity index (χ0v) is 12.6. The van der Waals surface area contributed by atoms with Crippen molar-refractivity contribution < 1.29 is 9.47 Å². The van der Waals surface area contributed by atoms with Gasteiger partial charge in [-0.25, -0.2) is 0 Å². The average molecular weight is 257 g/mol. The summed E-state index contributed by atoms with van der Waals surface area (Å²) in [7, 11) is 0. The molecule has 0 saturated carbocycles. The van der Waals surface area contributed by atoms with Crippen molar-refractivity contribution in [3.05, 3.63) is 0 Å². The van der Waals surface area contributed by atoms with Gasteiger partial charge >= 0.3 is 0 Å². The second-order valence-corrected chi connectivity index (χ2v) is 6.15. The molecule has 2 atom stereocenters. The average Bonchev–Trinajstić information content (AvgIpc) is 2.33. The highest BCUT2D eigenvalue weighted by Gasteiger charge is 2.24. The van der Waals surface area contributed by atoms with Crippen molar-refractivity contribution in [2.75, 3.05) is 26.4 Å². The summed E-state index contributed by atoms with van der Waals surface area (Å²) in [5, 5.41) is 3.63. The molecule has 3 nitrogen and oxygen atoms in total. The monoisotopic (exact) mass is 257 g/mol. The van der Waals surface area contributed by atoms with Crippen molar-refractivity contribution in [2.45, 2.75) is 59.1 Å². The van der Waals surface area contributed by atoms with Crippen molar-refractivity contribution >= 4 is 0 Å². The fourth-order valence-electron chi connectivity index (χ4n) is 2.28. The Hall–Kier alpha value is -0.120. The minimum Gasteiger partial charge on any atom is -0.381 e. The van der Waals surface area contributed by atoms with E-state index in [0.29, 0.717) is 24.0 Å². The van der Waals surface area contributed by atoms with Gasteiger partial charge in [-0.05, 0) is 37.6 Å². The van der Waals surface area contributed by atoms with Crippen LogP contribution in [0, 0.1) is 11.8 Å². The molecule has 108 valence electrons. The van der Waals surface area contributed by atoms with E-state index in [-0.39, 0.29) is 0 Å². The third kappa shape index (κ3) is 6.72. The second-order valence-electron chi connectivity index (χ2n) is 6.15. The summed E-state index contributed by atoms with van der Waals surface area (Å²) in [6.45, 7) is 12.6. The van der Waals surface area contributed by atoms with Gasteiger partial charge in [-0.1, -0.05) is 27.7 Å². The van der Waals surface area contributed by atoms with Crippen LogP contribution in [0.1, 0.15) is 47.0 Å². The van der Waals surface area contributed by atoms with Crippen molar-refractivity contribution in [2.24, 2.45) is 11.8 Å². The zero-order valence-electron chi connectivity index (χ0n) is 12.6. The molecule has 3 heteroatoms. The minimum absolute atomic E-state index is 0.438. The number of ether oxygens (including phenoxy) is 2. The Bertz CT molecular complexity index is 207. The molecule has 1 heterocycles. The first-order valence-corrected chi connectivity index (χ1v) is 7.52. The van der Waals surface area contributed by atoms with Crippen LogP contribution in [0.5, 0.6) is 0 Å². The Morgan fingerprint density at radius 2 is 2.06 bits per heavy atom. The Morgan fingerprint density at radius 1 is 1.28 bits per heavy atom. The lowest BCUT2D eigenvalue weighted by atomic mass is 9.95. The van der Waals surface area contributed by atoms with Crippen LogP contribution in [0.2, 0.25) is 0 Å². The van der Waals surface area contributed by atoms with E-state index >= 15 is 0 Å². The third-order valence-electron chi connectivity index (χ3n) is 3.41. The molecule has 1 saturated heterocycles. The number of nitrogens with one attached hydrogen (secondary N) is 1. The highest BCUT2D eigenvalue weighted by Crippen LogP contribution is 2.19. The standard InChI is InChI=1S/C15H31NO2/c1-12(2)11-17-8-5-7-16-14-6-9-18-15(10-14)13(3)4/h12-16H,5-11H2,1-4H3. The van der Waals surface area contributed by atoms with Crippen LogP contribution < -0.4 is 5.32 Å². The molecule has 0 aromatic carbocycles. The molecule has 1 rings (SSSR count). The normalized spacial score (nSPS) is 25.0. The summed E-state index contributed by atoms with van der Waals surface area (Å²) in [6, 6.07) is 0.635. The van der Waals surface area contributed by atoms with Crippen molar-refractivity contribution in [3.8, 4) is 0 Å². The van der Waals surface area contributed by atoms with E-state index in [1.807, 2.05) is 0 Å². The maximum Gasteiger partial charge on any atom is 0.0612 e. The number of hydrogen-bond acceptors (Lipinski definition) is 3. The predicted octanol–water partition coefficient (Wildman–Crippen LogP) is 2.84. The molecule has 0 radical (unpaired) electrons. The molecule has 1 fully saturated rings. The summed E-state index contributed by atoms with van der Waals surface area (Å²) in [4.78, 5) is 0. The summed E-state index contributed by atoms with van der Waals surface area (Å²) < 4.78 is 11.4. The molecule has 1 N–H and O–H groups in total. The Balaban J connectivity index is 2.01. The zero-order chi connectivity index (χ0) is 13.4. The highest BCUT2D eigenvalue weighted by atomic mass is 16.5. The maximum absolute atomic E-state index is 5.78. The molecule has 0 amide bonds. The molecule has 0 aliphatic carbocycles. The van der Waals surface area contributed by atoms with E-state index in [0.717, 1.165) is 45.6 Å². The molecular formula is C15H31NO2. The first-order valence-electron chi connectivity index (χ1n) is 7.52. The minimum atomic E-state index is 0.438. The van der Waals surface area contributed by atoms with Crippen molar-refractivity contribution in [1.29, 1.82) is 0 Å². The summed E-state index contributed by atoms with van der Waals surface area (Å²) >= 11 is 0. The summed E-state index contributed by atoms with van der Waals surface area (Å²) in [5.74, 6) is 1.27. The van der Waals surface area contributed by atoms with Crippen LogP contribution in [-0.2, 0) is 9.47 Å². The van der Waals surface area contributed by atoms with Crippen LogP contribution in [-0.4, -0.2) is 38.5 Å². The van der Waals surface area contributed by atoms with E-state index in [1.54, 1.807) is 0 Å². The molecule has 0 bridgehead atoms. The molecule has 0 spiro atoms. The van der Waals surface area contributed by atoms with E-state index in [9.17, 15) is 0 Å². The van der Waals surface area contributed by atoms with Crippen LogP contribution in [0.25, 0.3) is 0 Å². The third-order valence-corrected chi connectivity index (χ3v) is 3.41. The number of hydrogen-bond donors (Lipinski definition) is 1. The lowest BCUT2D eigenvalue weighted by molar-refractivity contribution is -0.0245. The van der Waals surface area contributed by atoms with Crippen LogP contribution >= 0.6 is 0 Å². The first-order chi connectivity index (χ1) is 8.59. The van der Waals surface area contributed by atoms with Crippen molar-refractivity contribution in [3.63, 3.8) is 0 Å². The fraction of sp³-hybridized carbons (Fsp3) is 1.00. The Labute approximate surface area is 113 Å². The van der Waals surface area contributed by atoms with Gasteiger partial charge in [0, 0.05) is 25.9 Å². The largest absolute Gasteiger partial charge is 0.381 e. The quantitative estimate of drug-likeness (QED) is 0.678. The maximum atomic E-state index is 5.78. The predicted molar refractivity (Wildman–Crippen MR) is 75.9 cm³/mol. The van der Waals surface area contributed by atoms with E-state index in [4.69, 9.17) is 9.47 Å². The van der Waals surface area contributed by atoms with Crippen molar-refractivity contribution in [1.82, 2.24) is 5.32 Å². The van der Waals surface area contributed by atoms with E-state index < -0.39 is 0 Å². The fourth-order valence-corrected chi connectivity index (χ4v) is 2.28. The Kier molecular flexibility index (Phi) is 7.87. The second kappa shape index (κ2) is 8.89. The van der Waals surface area contributed by atoms with Gasteiger partial charge in [0.2, 0.25) is 0 Å². The lowest BCUT2D eigenvalue weighted by Gasteiger charge is -2.32. The summed E-state index contributed by atoms with van der Waals surface area (Å²) in [6.07, 6.45) is 3.85. The first kappa shape index (κ1) is 15.9. The molecular weight excluding hydrogens is 226 g/mol. The topological polar surface area (TPSA) is 30.5 Å². The van der Waals surface area contributed by atoms with Gasteiger partial charge in [-0.2, -0.15) is 0 Å². The molecule has 1 aliphatic rings. The lowest BCUT2D eigenvalue weighted by Crippen LogP contribution is -2.41. The van der Waals surface area contributed by atoms with Gasteiger partial charge < -0.3 is 14.8 Å². The van der Waals surface area contributed by atoms with Crippen LogP contribution in [0.4, 0.5) is 0 Å². The van der Waals surface area contributed by atoms with E-state index in [2.05, 4.69) is 33.0 Å². The highest BCUT2D eigenvalue weighted by molar-refractivity contribution is 4.78. The van der Waals surface area contributed by atoms with Gasteiger partial charge in [-0.3, -0.25) is 0 Å².